The van der Waals surface area contributed by atoms with E-state index in [1.165, 1.54) is 0 Å². The number of para-hydroxylation sites is 2. The molecule has 0 saturated heterocycles. The van der Waals surface area contributed by atoms with Gasteiger partial charge in [-0.3, -0.25) is 4.31 Å². The molecule has 0 saturated carbocycles. The summed E-state index contributed by atoms with van der Waals surface area (Å²) in [5.74, 6) is 0. The maximum Gasteiger partial charge on any atom is 0.264 e. The minimum Gasteiger partial charge on any atom is -0.383 e. The Labute approximate surface area is 165 Å². The van der Waals surface area contributed by atoms with Gasteiger partial charge >= 0.3 is 0 Å². The standard InChI is InChI=1S/C23H22N2O2S/c1-16-11-13-17(14-12-16)28(26,27)25-21-10-6-4-8-19(21)23(2)18-7-3-5-9-20(18)24-15-22(23)25/h3-14,22,24H,15H2,1-2H3/t22-,23-/m1/s1. The molecular formula is C23H22N2O2S. The monoisotopic (exact) mass is 390 g/mol. The van der Waals surface area contributed by atoms with E-state index in [0.717, 1.165) is 28.1 Å². The lowest BCUT2D eigenvalue weighted by Gasteiger charge is -2.41. The minimum absolute atomic E-state index is 0.230. The minimum atomic E-state index is -3.69. The molecule has 0 aromatic heterocycles. The quantitative estimate of drug-likeness (QED) is 0.710. The van der Waals surface area contributed by atoms with Crippen LogP contribution >= 0.6 is 0 Å². The first-order valence-corrected chi connectivity index (χ1v) is 10.9. The van der Waals surface area contributed by atoms with Crippen LogP contribution in [0.2, 0.25) is 0 Å². The van der Waals surface area contributed by atoms with Crippen molar-refractivity contribution in [2.75, 3.05) is 16.2 Å². The third-order valence-electron chi connectivity index (χ3n) is 6.20. The van der Waals surface area contributed by atoms with Crippen molar-refractivity contribution in [3.63, 3.8) is 0 Å². The van der Waals surface area contributed by atoms with Gasteiger partial charge in [0.25, 0.3) is 10.0 Å². The summed E-state index contributed by atoms with van der Waals surface area (Å²) in [6.07, 6.45) is 0. The van der Waals surface area contributed by atoms with E-state index >= 15 is 0 Å². The van der Waals surface area contributed by atoms with Gasteiger partial charge in [-0.05, 0) is 49.2 Å². The molecule has 142 valence electrons. The Balaban J connectivity index is 1.75. The molecule has 3 aromatic rings. The van der Waals surface area contributed by atoms with Crippen LogP contribution in [0.5, 0.6) is 0 Å². The maximum absolute atomic E-state index is 13.7. The van der Waals surface area contributed by atoms with Crippen LogP contribution in [-0.4, -0.2) is 21.0 Å². The SMILES string of the molecule is Cc1ccc(S(=O)(=O)N2c3ccccc3[C@@]3(C)c4ccccc4NC[C@@H]23)cc1. The number of nitrogens with one attached hydrogen (secondary N) is 1. The Kier molecular flexibility index (Phi) is 3.62. The number of hydrogen-bond donors (Lipinski definition) is 1. The molecule has 2 atom stereocenters. The zero-order valence-electron chi connectivity index (χ0n) is 15.9. The number of benzene rings is 3. The summed E-state index contributed by atoms with van der Waals surface area (Å²) in [5, 5.41) is 3.45. The molecule has 0 amide bonds. The van der Waals surface area contributed by atoms with Crippen molar-refractivity contribution in [1.82, 2.24) is 0 Å². The molecule has 2 aliphatic rings. The van der Waals surface area contributed by atoms with E-state index in [9.17, 15) is 8.42 Å². The Morgan fingerprint density at radius 3 is 2.32 bits per heavy atom. The highest BCUT2D eigenvalue weighted by atomic mass is 32.2. The summed E-state index contributed by atoms with van der Waals surface area (Å²) < 4.78 is 29.1. The molecule has 0 spiro atoms. The molecule has 0 radical (unpaired) electrons. The molecule has 28 heavy (non-hydrogen) atoms. The Morgan fingerprint density at radius 2 is 1.57 bits per heavy atom. The summed E-state index contributed by atoms with van der Waals surface area (Å²) in [4.78, 5) is 0.330. The van der Waals surface area contributed by atoms with Crippen LogP contribution in [0, 0.1) is 6.92 Å². The number of rotatable bonds is 2. The molecule has 0 bridgehead atoms. The molecule has 3 aromatic carbocycles. The Bertz CT molecular complexity index is 1170. The normalized spacial score (nSPS) is 22.8. The van der Waals surface area contributed by atoms with Crippen LogP contribution < -0.4 is 9.62 Å². The molecule has 5 heteroatoms. The second-order valence-corrected chi connectivity index (χ2v) is 9.59. The van der Waals surface area contributed by atoms with Crippen LogP contribution in [0.1, 0.15) is 23.6 Å². The number of aryl methyl sites for hydroxylation is 1. The number of anilines is 2. The van der Waals surface area contributed by atoms with Crippen LogP contribution in [0.25, 0.3) is 0 Å². The molecule has 1 N–H and O–H groups in total. The van der Waals surface area contributed by atoms with E-state index in [2.05, 4.69) is 30.4 Å². The van der Waals surface area contributed by atoms with E-state index in [4.69, 9.17) is 0 Å². The molecule has 5 rings (SSSR count). The number of nitrogens with zero attached hydrogens (tertiary/aromatic N) is 1. The second kappa shape index (κ2) is 5.85. The first-order chi connectivity index (χ1) is 13.4. The fourth-order valence-electron chi connectivity index (χ4n) is 4.72. The first-order valence-electron chi connectivity index (χ1n) is 9.48. The molecular weight excluding hydrogens is 368 g/mol. The third kappa shape index (κ3) is 2.20. The van der Waals surface area contributed by atoms with E-state index in [1.807, 2.05) is 49.4 Å². The van der Waals surface area contributed by atoms with Gasteiger partial charge in [0.15, 0.2) is 0 Å². The summed E-state index contributed by atoms with van der Waals surface area (Å²) in [5.41, 5.74) is 4.68. The van der Waals surface area contributed by atoms with E-state index < -0.39 is 15.4 Å². The molecule has 0 fully saturated rings. The van der Waals surface area contributed by atoms with Crippen molar-refractivity contribution in [1.29, 1.82) is 0 Å². The molecule has 2 heterocycles. The van der Waals surface area contributed by atoms with Gasteiger partial charge in [0.2, 0.25) is 0 Å². The van der Waals surface area contributed by atoms with Gasteiger partial charge in [0.05, 0.1) is 16.6 Å². The largest absolute Gasteiger partial charge is 0.383 e. The lowest BCUT2D eigenvalue weighted by molar-refractivity contribution is 0.471. The zero-order chi connectivity index (χ0) is 19.5. The van der Waals surface area contributed by atoms with Gasteiger partial charge in [0.1, 0.15) is 0 Å². The van der Waals surface area contributed by atoms with Crippen molar-refractivity contribution in [2.24, 2.45) is 0 Å². The smallest absolute Gasteiger partial charge is 0.264 e. The number of hydrogen-bond acceptors (Lipinski definition) is 3. The molecule has 2 aliphatic heterocycles. The zero-order valence-corrected chi connectivity index (χ0v) is 16.7. The molecule has 0 unspecified atom stereocenters. The van der Waals surface area contributed by atoms with Crippen molar-refractivity contribution in [3.05, 3.63) is 89.5 Å². The maximum atomic E-state index is 13.7. The predicted molar refractivity (Wildman–Crippen MR) is 112 cm³/mol. The number of fused-ring (bicyclic) bond motifs is 5. The van der Waals surface area contributed by atoms with Crippen LogP contribution in [0.3, 0.4) is 0 Å². The fourth-order valence-corrected chi connectivity index (χ4v) is 6.46. The van der Waals surface area contributed by atoms with Gasteiger partial charge in [-0.25, -0.2) is 8.42 Å². The average Bonchev–Trinajstić information content (AvgIpc) is 2.98. The lowest BCUT2D eigenvalue weighted by Crippen LogP contribution is -2.53. The van der Waals surface area contributed by atoms with Crippen LogP contribution in [0.4, 0.5) is 11.4 Å². The van der Waals surface area contributed by atoms with Gasteiger partial charge in [-0.2, -0.15) is 0 Å². The summed E-state index contributed by atoms with van der Waals surface area (Å²) in [7, 11) is -3.69. The molecule has 4 nitrogen and oxygen atoms in total. The highest BCUT2D eigenvalue weighted by Gasteiger charge is 2.55. The van der Waals surface area contributed by atoms with Crippen LogP contribution in [-0.2, 0) is 15.4 Å². The van der Waals surface area contributed by atoms with Crippen molar-refractivity contribution in [2.45, 2.75) is 30.2 Å². The Hall–Kier alpha value is -2.79. The van der Waals surface area contributed by atoms with Crippen molar-refractivity contribution in [3.8, 4) is 0 Å². The highest BCUT2D eigenvalue weighted by Crippen LogP contribution is 2.54. The highest BCUT2D eigenvalue weighted by molar-refractivity contribution is 7.92. The van der Waals surface area contributed by atoms with Gasteiger partial charge in [-0.15, -0.1) is 0 Å². The average molecular weight is 391 g/mol. The van der Waals surface area contributed by atoms with Crippen molar-refractivity contribution >= 4 is 21.4 Å². The van der Waals surface area contributed by atoms with E-state index in [0.29, 0.717) is 11.4 Å². The first kappa shape index (κ1) is 17.3. The fraction of sp³-hybridized carbons (Fsp3) is 0.217. The summed E-state index contributed by atoms with van der Waals surface area (Å²) in [6.45, 7) is 4.69. The topological polar surface area (TPSA) is 49.4 Å². The van der Waals surface area contributed by atoms with Crippen molar-refractivity contribution < 1.29 is 8.42 Å². The van der Waals surface area contributed by atoms with E-state index in [1.54, 1.807) is 16.4 Å². The van der Waals surface area contributed by atoms with Gasteiger partial charge in [0, 0.05) is 17.6 Å². The second-order valence-electron chi connectivity index (χ2n) is 7.78. The van der Waals surface area contributed by atoms with Gasteiger partial charge < -0.3 is 5.32 Å². The summed E-state index contributed by atoms with van der Waals surface area (Å²) >= 11 is 0. The third-order valence-corrected chi connectivity index (χ3v) is 8.04. The van der Waals surface area contributed by atoms with Gasteiger partial charge in [-0.1, -0.05) is 54.1 Å². The summed E-state index contributed by atoms with van der Waals surface area (Å²) in [6, 6.07) is 23.0. The number of sulfonamides is 1. The predicted octanol–water partition coefficient (Wildman–Crippen LogP) is 4.30. The lowest BCUT2D eigenvalue weighted by atomic mass is 9.70. The van der Waals surface area contributed by atoms with Crippen LogP contribution in [0.15, 0.2) is 77.7 Å². The molecule has 0 aliphatic carbocycles. The van der Waals surface area contributed by atoms with E-state index in [-0.39, 0.29) is 6.04 Å². The Morgan fingerprint density at radius 1 is 0.929 bits per heavy atom.